The summed E-state index contributed by atoms with van der Waals surface area (Å²) in [7, 11) is 0. The minimum Gasteiger partial charge on any atom is -0.340 e. The molecule has 1 unspecified atom stereocenters. The number of rotatable bonds is 3. The van der Waals surface area contributed by atoms with Gasteiger partial charge in [-0.2, -0.15) is 0 Å². The van der Waals surface area contributed by atoms with E-state index in [2.05, 4.69) is 5.32 Å². The third kappa shape index (κ3) is 2.52. The predicted molar refractivity (Wildman–Crippen MR) is 75.8 cm³/mol. The van der Waals surface area contributed by atoms with E-state index in [0.717, 1.165) is 24.0 Å². The van der Waals surface area contributed by atoms with Crippen molar-refractivity contribution in [1.82, 2.24) is 10.2 Å². The molecule has 0 radical (unpaired) electrons. The summed E-state index contributed by atoms with van der Waals surface area (Å²) < 4.78 is 13.2. The Balaban J connectivity index is 1.83. The molecular formula is C16H19FN2O2. The lowest BCUT2D eigenvalue weighted by Gasteiger charge is -2.40. The molecule has 0 spiro atoms. The van der Waals surface area contributed by atoms with Gasteiger partial charge >= 0.3 is 0 Å². The first-order chi connectivity index (χ1) is 9.90. The molecule has 0 aromatic heterocycles. The fraction of sp³-hybridized carbons (Fsp3) is 0.500. The van der Waals surface area contributed by atoms with E-state index < -0.39 is 5.54 Å². The Morgan fingerprint density at radius 3 is 2.71 bits per heavy atom. The van der Waals surface area contributed by atoms with Gasteiger partial charge in [-0.05, 0) is 55.9 Å². The zero-order valence-electron chi connectivity index (χ0n) is 12.3. The summed E-state index contributed by atoms with van der Waals surface area (Å²) >= 11 is 0. The van der Waals surface area contributed by atoms with Crippen molar-refractivity contribution >= 4 is 11.8 Å². The van der Waals surface area contributed by atoms with Crippen molar-refractivity contribution in [2.75, 3.05) is 6.54 Å². The molecule has 1 heterocycles. The fourth-order valence-corrected chi connectivity index (χ4v) is 3.06. The van der Waals surface area contributed by atoms with E-state index in [1.54, 1.807) is 11.0 Å². The molecule has 2 amide bonds. The van der Waals surface area contributed by atoms with Crippen LogP contribution in [0.1, 0.15) is 30.9 Å². The van der Waals surface area contributed by atoms with Crippen LogP contribution in [-0.2, 0) is 16.1 Å². The van der Waals surface area contributed by atoms with Crippen molar-refractivity contribution in [3.63, 3.8) is 0 Å². The van der Waals surface area contributed by atoms with E-state index in [0.29, 0.717) is 6.54 Å². The highest BCUT2D eigenvalue weighted by atomic mass is 19.1. The van der Waals surface area contributed by atoms with Gasteiger partial charge < -0.3 is 10.2 Å². The number of aryl methyl sites for hydroxylation is 1. The van der Waals surface area contributed by atoms with E-state index in [9.17, 15) is 14.0 Å². The van der Waals surface area contributed by atoms with Gasteiger partial charge in [0.1, 0.15) is 11.4 Å². The molecule has 1 atom stereocenters. The minimum absolute atomic E-state index is 0.0340. The second kappa shape index (κ2) is 4.83. The number of carbonyl (C=O) groups excluding carboxylic acids is 2. The van der Waals surface area contributed by atoms with Gasteiger partial charge in [-0.1, -0.05) is 6.07 Å². The maximum absolute atomic E-state index is 13.2. The quantitative estimate of drug-likeness (QED) is 0.922. The van der Waals surface area contributed by atoms with Crippen molar-refractivity contribution in [2.45, 2.75) is 38.8 Å². The molecule has 3 rings (SSSR count). The molecule has 1 aromatic rings. The molecule has 5 heteroatoms. The largest absolute Gasteiger partial charge is 0.340 e. The maximum Gasteiger partial charge on any atom is 0.249 e. The van der Waals surface area contributed by atoms with E-state index in [1.165, 1.54) is 12.1 Å². The standard InChI is InChI=1S/C16H19FN2O2/c1-10-7-13(17)6-3-11(10)8-19-9-14(20)18-16(2,15(19)21)12-4-5-12/h3,6-7,12H,4-5,8-9H2,1-2H3,(H,18,20). The molecule has 1 saturated heterocycles. The van der Waals surface area contributed by atoms with Gasteiger partial charge in [0.15, 0.2) is 0 Å². The molecule has 4 nitrogen and oxygen atoms in total. The molecule has 1 aromatic carbocycles. The summed E-state index contributed by atoms with van der Waals surface area (Å²) in [6, 6.07) is 4.51. The van der Waals surface area contributed by atoms with Gasteiger partial charge in [0, 0.05) is 6.54 Å². The molecular weight excluding hydrogens is 271 g/mol. The van der Waals surface area contributed by atoms with Crippen LogP contribution in [-0.4, -0.2) is 28.8 Å². The molecule has 21 heavy (non-hydrogen) atoms. The smallest absolute Gasteiger partial charge is 0.249 e. The topological polar surface area (TPSA) is 49.4 Å². The number of halogens is 1. The first-order valence-corrected chi connectivity index (χ1v) is 7.25. The average molecular weight is 290 g/mol. The lowest BCUT2D eigenvalue weighted by Crippen LogP contribution is -2.66. The summed E-state index contributed by atoms with van der Waals surface area (Å²) in [6.07, 6.45) is 1.96. The summed E-state index contributed by atoms with van der Waals surface area (Å²) in [6.45, 7) is 4.04. The van der Waals surface area contributed by atoms with Crippen LogP contribution in [0.25, 0.3) is 0 Å². The van der Waals surface area contributed by atoms with Crippen molar-refractivity contribution in [1.29, 1.82) is 0 Å². The van der Waals surface area contributed by atoms with Gasteiger partial charge in [0.2, 0.25) is 11.8 Å². The number of hydrogen-bond donors (Lipinski definition) is 1. The van der Waals surface area contributed by atoms with Crippen molar-refractivity contribution in [3.8, 4) is 0 Å². The summed E-state index contributed by atoms with van der Waals surface area (Å²) in [5.74, 6) is -0.204. The predicted octanol–water partition coefficient (Wildman–Crippen LogP) is 1.76. The van der Waals surface area contributed by atoms with Gasteiger partial charge in [0.25, 0.3) is 0 Å². The van der Waals surface area contributed by atoms with Crippen LogP contribution in [0.3, 0.4) is 0 Å². The first-order valence-electron chi connectivity index (χ1n) is 7.25. The van der Waals surface area contributed by atoms with E-state index in [4.69, 9.17) is 0 Å². The van der Waals surface area contributed by atoms with Crippen molar-refractivity contribution in [2.24, 2.45) is 5.92 Å². The number of nitrogens with zero attached hydrogens (tertiary/aromatic N) is 1. The Hall–Kier alpha value is -1.91. The van der Waals surface area contributed by atoms with E-state index in [-0.39, 0.29) is 30.1 Å². The van der Waals surface area contributed by atoms with E-state index in [1.807, 2.05) is 13.8 Å². The van der Waals surface area contributed by atoms with Gasteiger partial charge in [-0.3, -0.25) is 9.59 Å². The SMILES string of the molecule is Cc1cc(F)ccc1CN1CC(=O)NC(C)(C2CC2)C1=O. The number of benzene rings is 1. The van der Waals surface area contributed by atoms with Crippen LogP contribution in [0, 0.1) is 18.7 Å². The highest BCUT2D eigenvalue weighted by Crippen LogP contribution is 2.41. The monoisotopic (exact) mass is 290 g/mol. The van der Waals surface area contributed by atoms with Crippen LogP contribution in [0.2, 0.25) is 0 Å². The Morgan fingerprint density at radius 1 is 1.38 bits per heavy atom. The summed E-state index contributed by atoms with van der Waals surface area (Å²) in [5, 5.41) is 2.85. The molecule has 1 N–H and O–H groups in total. The van der Waals surface area contributed by atoms with Crippen LogP contribution < -0.4 is 5.32 Å². The summed E-state index contributed by atoms with van der Waals surface area (Å²) in [5.41, 5.74) is 0.892. The zero-order valence-corrected chi connectivity index (χ0v) is 12.3. The third-order valence-corrected chi connectivity index (χ3v) is 4.52. The summed E-state index contributed by atoms with van der Waals surface area (Å²) in [4.78, 5) is 26.2. The van der Waals surface area contributed by atoms with E-state index >= 15 is 0 Å². The number of piperazine rings is 1. The highest BCUT2D eigenvalue weighted by Gasteiger charge is 2.52. The Bertz CT molecular complexity index is 612. The van der Waals surface area contributed by atoms with Gasteiger partial charge in [0.05, 0.1) is 6.54 Å². The molecule has 2 fully saturated rings. The molecule has 1 aliphatic carbocycles. The van der Waals surface area contributed by atoms with Crippen LogP contribution >= 0.6 is 0 Å². The van der Waals surface area contributed by atoms with Gasteiger partial charge in [-0.25, -0.2) is 4.39 Å². The van der Waals surface area contributed by atoms with Gasteiger partial charge in [-0.15, -0.1) is 0 Å². The lowest BCUT2D eigenvalue weighted by atomic mass is 9.91. The Labute approximate surface area is 123 Å². The third-order valence-electron chi connectivity index (χ3n) is 4.52. The second-order valence-corrected chi connectivity index (χ2v) is 6.26. The Kier molecular flexibility index (Phi) is 3.23. The number of amides is 2. The highest BCUT2D eigenvalue weighted by molar-refractivity contribution is 5.98. The minimum atomic E-state index is -0.775. The number of hydrogen-bond acceptors (Lipinski definition) is 2. The molecule has 2 aliphatic rings. The number of carbonyl (C=O) groups is 2. The number of nitrogens with one attached hydrogen (secondary N) is 1. The fourth-order valence-electron chi connectivity index (χ4n) is 3.06. The van der Waals surface area contributed by atoms with Crippen LogP contribution in [0.5, 0.6) is 0 Å². The lowest BCUT2D eigenvalue weighted by molar-refractivity contribution is -0.150. The first kappa shape index (κ1) is 14.0. The average Bonchev–Trinajstić information content (AvgIpc) is 3.23. The molecule has 112 valence electrons. The van der Waals surface area contributed by atoms with Crippen LogP contribution in [0.15, 0.2) is 18.2 Å². The zero-order chi connectivity index (χ0) is 15.2. The molecule has 0 bridgehead atoms. The normalized spacial score (nSPS) is 26.0. The van der Waals surface area contributed by atoms with Crippen LogP contribution in [0.4, 0.5) is 4.39 Å². The molecule has 1 aliphatic heterocycles. The van der Waals surface area contributed by atoms with Crippen molar-refractivity contribution < 1.29 is 14.0 Å². The second-order valence-electron chi connectivity index (χ2n) is 6.26. The van der Waals surface area contributed by atoms with Crippen molar-refractivity contribution in [3.05, 3.63) is 35.1 Å². The maximum atomic E-state index is 13.2. The molecule has 1 saturated carbocycles. The Morgan fingerprint density at radius 2 is 2.10 bits per heavy atom.